The van der Waals surface area contributed by atoms with Crippen LogP contribution in [0, 0.1) is 0 Å². The first-order chi connectivity index (χ1) is 8.83. The molecule has 1 fully saturated rings. The van der Waals surface area contributed by atoms with Gasteiger partial charge >= 0.3 is 0 Å². The van der Waals surface area contributed by atoms with Gasteiger partial charge in [0.15, 0.2) is 5.65 Å². The van der Waals surface area contributed by atoms with Gasteiger partial charge in [0.2, 0.25) is 5.88 Å². The molecule has 0 radical (unpaired) electrons. The molecule has 0 aliphatic carbocycles. The maximum Gasteiger partial charge on any atom is 0.231 e. The predicted octanol–water partition coefficient (Wildman–Crippen LogP) is 0.859. The van der Waals surface area contributed by atoms with Crippen LogP contribution in [0.5, 0.6) is 5.88 Å². The Morgan fingerprint density at radius 2 is 2.50 bits per heavy atom. The summed E-state index contributed by atoms with van der Waals surface area (Å²) in [5.74, 6) is 0.577. The highest BCUT2D eigenvalue weighted by Crippen LogP contribution is 2.14. The Kier molecular flexibility index (Phi) is 3.44. The molecule has 2 aromatic rings. The third-order valence-corrected chi connectivity index (χ3v) is 3.27. The number of hydrogen-bond acceptors (Lipinski definition) is 5. The zero-order valence-electron chi connectivity index (χ0n) is 9.67. The molecule has 1 N–H and O–H groups in total. The highest BCUT2D eigenvalue weighted by Gasteiger charge is 2.14. The molecule has 0 aromatic carbocycles. The number of morpholine rings is 1. The molecule has 2 aromatic heterocycles. The van der Waals surface area contributed by atoms with Crippen LogP contribution in [0.25, 0.3) is 5.65 Å². The molecule has 96 valence electrons. The minimum absolute atomic E-state index is 0.225. The fourth-order valence-corrected chi connectivity index (χ4v) is 2.18. The fraction of sp³-hybridized carbons (Fsp3) is 0.455. The molecule has 0 saturated carbocycles. The van der Waals surface area contributed by atoms with Gasteiger partial charge in [-0.25, -0.2) is 9.50 Å². The summed E-state index contributed by atoms with van der Waals surface area (Å²) in [6.07, 6.45) is 1.71. The van der Waals surface area contributed by atoms with Gasteiger partial charge in [-0.15, -0.1) is 5.10 Å². The lowest BCUT2D eigenvalue weighted by Crippen LogP contribution is -2.44. The van der Waals surface area contributed by atoms with Crippen LogP contribution < -0.4 is 10.1 Å². The molecular formula is C11H13BrN4O2. The highest BCUT2D eigenvalue weighted by molar-refractivity contribution is 9.10. The summed E-state index contributed by atoms with van der Waals surface area (Å²) in [5.41, 5.74) is 0.786. The third-order valence-electron chi connectivity index (χ3n) is 2.73. The van der Waals surface area contributed by atoms with Crippen LogP contribution in [0.1, 0.15) is 0 Å². The van der Waals surface area contributed by atoms with Crippen LogP contribution in [0.2, 0.25) is 0 Å². The molecule has 1 atom stereocenters. The van der Waals surface area contributed by atoms with Crippen molar-refractivity contribution < 1.29 is 9.47 Å². The van der Waals surface area contributed by atoms with Gasteiger partial charge in [0, 0.05) is 12.6 Å². The zero-order valence-corrected chi connectivity index (χ0v) is 11.3. The molecule has 3 rings (SSSR count). The Morgan fingerprint density at radius 3 is 3.33 bits per heavy atom. The van der Waals surface area contributed by atoms with E-state index in [0.717, 1.165) is 23.4 Å². The van der Waals surface area contributed by atoms with Crippen molar-refractivity contribution in [1.29, 1.82) is 0 Å². The van der Waals surface area contributed by atoms with Gasteiger partial charge < -0.3 is 14.8 Å². The lowest BCUT2D eigenvalue weighted by Gasteiger charge is -2.23. The smallest absolute Gasteiger partial charge is 0.231 e. The summed E-state index contributed by atoms with van der Waals surface area (Å²) < 4.78 is 13.5. The van der Waals surface area contributed by atoms with E-state index in [9.17, 15) is 0 Å². The second kappa shape index (κ2) is 5.21. The van der Waals surface area contributed by atoms with E-state index in [1.54, 1.807) is 10.7 Å². The lowest BCUT2D eigenvalue weighted by molar-refractivity contribution is 0.0583. The standard InChI is InChI=1S/C11H13BrN4O2/c12-9-5-14-10-1-2-11(15-16(9)10)18-7-8-6-17-4-3-13-8/h1-2,5,8,13H,3-4,6-7H2. The van der Waals surface area contributed by atoms with Gasteiger partial charge in [-0.2, -0.15) is 0 Å². The maximum atomic E-state index is 5.65. The van der Waals surface area contributed by atoms with E-state index in [1.165, 1.54) is 0 Å². The van der Waals surface area contributed by atoms with Gasteiger partial charge in [-0.1, -0.05) is 0 Å². The van der Waals surface area contributed by atoms with Gasteiger partial charge in [-0.3, -0.25) is 0 Å². The van der Waals surface area contributed by atoms with Gasteiger partial charge in [0.25, 0.3) is 0 Å². The topological polar surface area (TPSA) is 60.7 Å². The maximum absolute atomic E-state index is 5.65. The quantitative estimate of drug-likeness (QED) is 0.911. The van der Waals surface area contributed by atoms with Gasteiger partial charge in [-0.05, 0) is 22.0 Å². The molecule has 1 aliphatic heterocycles. The predicted molar refractivity (Wildman–Crippen MR) is 68.8 cm³/mol. The summed E-state index contributed by atoms with van der Waals surface area (Å²) >= 11 is 3.38. The van der Waals surface area contributed by atoms with Crippen molar-refractivity contribution in [2.75, 3.05) is 26.4 Å². The van der Waals surface area contributed by atoms with Gasteiger partial charge in [0.1, 0.15) is 11.2 Å². The molecular weight excluding hydrogens is 300 g/mol. The van der Waals surface area contributed by atoms with E-state index in [4.69, 9.17) is 9.47 Å². The Bertz CT molecular complexity index is 539. The first kappa shape index (κ1) is 11.9. The third kappa shape index (κ3) is 2.47. The van der Waals surface area contributed by atoms with E-state index in [1.807, 2.05) is 12.1 Å². The van der Waals surface area contributed by atoms with E-state index in [0.29, 0.717) is 19.1 Å². The van der Waals surface area contributed by atoms with Crippen molar-refractivity contribution >= 4 is 21.6 Å². The average Bonchev–Trinajstić information content (AvgIpc) is 2.79. The van der Waals surface area contributed by atoms with Crippen LogP contribution in [0.4, 0.5) is 0 Å². The van der Waals surface area contributed by atoms with Crippen LogP contribution >= 0.6 is 15.9 Å². The number of aromatic nitrogens is 3. The number of imidazole rings is 1. The average molecular weight is 313 g/mol. The van der Waals surface area contributed by atoms with Crippen LogP contribution in [0.15, 0.2) is 22.9 Å². The number of nitrogens with one attached hydrogen (secondary N) is 1. The Labute approximate surface area is 112 Å². The molecule has 6 nitrogen and oxygen atoms in total. The van der Waals surface area contributed by atoms with E-state index in [2.05, 4.69) is 31.3 Å². The van der Waals surface area contributed by atoms with Crippen molar-refractivity contribution in [3.63, 3.8) is 0 Å². The zero-order chi connectivity index (χ0) is 12.4. The molecule has 0 spiro atoms. The molecule has 1 aliphatic rings. The fourth-order valence-electron chi connectivity index (χ4n) is 1.82. The summed E-state index contributed by atoms with van der Waals surface area (Å²) in [6.45, 7) is 2.86. The SMILES string of the molecule is Brc1cnc2ccc(OCC3COCCN3)nn12. The first-order valence-corrected chi connectivity index (χ1v) is 6.56. The van der Waals surface area contributed by atoms with Crippen molar-refractivity contribution in [2.45, 2.75) is 6.04 Å². The second-order valence-electron chi connectivity index (χ2n) is 4.06. The van der Waals surface area contributed by atoms with Crippen molar-refractivity contribution in [3.8, 4) is 5.88 Å². The molecule has 7 heteroatoms. The molecule has 18 heavy (non-hydrogen) atoms. The molecule has 0 amide bonds. The highest BCUT2D eigenvalue weighted by atomic mass is 79.9. The van der Waals surface area contributed by atoms with Crippen molar-refractivity contribution in [1.82, 2.24) is 19.9 Å². The van der Waals surface area contributed by atoms with Gasteiger partial charge in [0.05, 0.1) is 25.5 Å². The van der Waals surface area contributed by atoms with E-state index >= 15 is 0 Å². The normalized spacial score (nSPS) is 20.2. The number of fused-ring (bicyclic) bond motifs is 1. The number of ether oxygens (including phenoxy) is 2. The number of rotatable bonds is 3. The van der Waals surface area contributed by atoms with E-state index < -0.39 is 0 Å². The monoisotopic (exact) mass is 312 g/mol. The number of nitrogens with zero attached hydrogens (tertiary/aromatic N) is 3. The molecule has 3 heterocycles. The summed E-state index contributed by atoms with van der Waals surface area (Å²) in [7, 11) is 0. The summed E-state index contributed by atoms with van der Waals surface area (Å²) in [4.78, 5) is 4.18. The lowest BCUT2D eigenvalue weighted by atomic mass is 10.3. The molecule has 0 bridgehead atoms. The summed E-state index contributed by atoms with van der Waals surface area (Å²) in [5, 5.41) is 7.66. The molecule has 1 unspecified atom stereocenters. The van der Waals surface area contributed by atoms with Crippen molar-refractivity contribution in [2.24, 2.45) is 0 Å². The largest absolute Gasteiger partial charge is 0.475 e. The number of halogens is 1. The van der Waals surface area contributed by atoms with Crippen LogP contribution in [-0.2, 0) is 4.74 Å². The second-order valence-corrected chi connectivity index (χ2v) is 4.87. The van der Waals surface area contributed by atoms with Crippen LogP contribution in [0.3, 0.4) is 0 Å². The van der Waals surface area contributed by atoms with E-state index in [-0.39, 0.29) is 6.04 Å². The first-order valence-electron chi connectivity index (χ1n) is 5.77. The minimum Gasteiger partial charge on any atom is -0.475 e. The van der Waals surface area contributed by atoms with Crippen LogP contribution in [-0.4, -0.2) is 47.0 Å². The summed E-state index contributed by atoms with van der Waals surface area (Å²) in [6, 6.07) is 3.92. The molecule has 1 saturated heterocycles. The minimum atomic E-state index is 0.225. The Balaban J connectivity index is 1.68. The number of hydrogen-bond donors (Lipinski definition) is 1. The Morgan fingerprint density at radius 1 is 1.56 bits per heavy atom. The Hall–Kier alpha value is -1.18. The van der Waals surface area contributed by atoms with Crippen molar-refractivity contribution in [3.05, 3.63) is 22.9 Å².